The van der Waals surface area contributed by atoms with E-state index in [1.54, 1.807) is 26.2 Å². The molecule has 0 spiro atoms. The van der Waals surface area contributed by atoms with Crippen molar-refractivity contribution in [3.05, 3.63) is 30.0 Å². The molecule has 1 aliphatic rings. The number of fused-ring (bicyclic) bond motifs is 3. The largest absolute Gasteiger partial charge is 0.464 e. The highest BCUT2D eigenvalue weighted by Crippen LogP contribution is 2.38. The van der Waals surface area contributed by atoms with Crippen molar-refractivity contribution < 1.29 is 19.1 Å². The van der Waals surface area contributed by atoms with Crippen LogP contribution in [0.15, 0.2) is 28.9 Å². The molecule has 2 aromatic rings. The predicted octanol–water partition coefficient (Wildman–Crippen LogP) is 2.28. The molecule has 4 nitrogen and oxygen atoms in total. The molecule has 94 valence electrons. The number of carbonyl (C=O) groups excluding carboxylic acids is 1. The van der Waals surface area contributed by atoms with Gasteiger partial charge in [0, 0.05) is 0 Å². The van der Waals surface area contributed by atoms with Gasteiger partial charge in [-0.15, -0.1) is 0 Å². The molecule has 0 fully saturated rings. The molecule has 3 rings (SSSR count). The number of benzene rings is 1. The van der Waals surface area contributed by atoms with E-state index in [1.165, 1.54) is 0 Å². The van der Waals surface area contributed by atoms with Gasteiger partial charge >= 0.3 is 5.97 Å². The van der Waals surface area contributed by atoms with E-state index in [0.717, 1.165) is 10.9 Å². The fourth-order valence-corrected chi connectivity index (χ4v) is 2.36. The molecule has 4 heteroatoms. The first-order valence-electron chi connectivity index (χ1n) is 5.90. The zero-order valence-electron chi connectivity index (χ0n) is 10.3. The van der Waals surface area contributed by atoms with E-state index in [1.807, 2.05) is 12.1 Å². The summed E-state index contributed by atoms with van der Waals surface area (Å²) in [5.74, 6) is -0.357. The average molecular weight is 246 g/mol. The molecule has 18 heavy (non-hydrogen) atoms. The Balaban J connectivity index is 2.11. The molecule has 0 saturated heterocycles. The quantitative estimate of drug-likeness (QED) is 0.619. The van der Waals surface area contributed by atoms with Crippen LogP contribution in [-0.4, -0.2) is 16.7 Å². The number of rotatable bonds is 1. The lowest BCUT2D eigenvalue weighted by molar-refractivity contribution is -0.148. The first-order chi connectivity index (χ1) is 8.47. The molecule has 1 N–H and O–H groups in total. The number of carbonyl (C=O) groups is 1. The van der Waals surface area contributed by atoms with Gasteiger partial charge in [-0.05, 0) is 38.0 Å². The minimum atomic E-state index is -1.08. The average Bonchev–Trinajstić information content (AvgIpc) is 2.75. The maximum Gasteiger partial charge on any atom is 0.317 e. The van der Waals surface area contributed by atoms with Gasteiger partial charge in [0.1, 0.15) is 11.3 Å². The molecule has 2 heterocycles. The van der Waals surface area contributed by atoms with Crippen molar-refractivity contribution in [1.82, 2.24) is 0 Å². The van der Waals surface area contributed by atoms with Crippen LogP contribution in [0, 0.1) is 5.92 Å². The van der Waals surface area contributed by atoms with Gasteiger partial charge in [0.15, 0.2) is 0 Å². The van der Waals surface area contributed by atoms with Crippen LogP contribution in [-0.2, 0) is 11.2 Å². The number of hydrogen-bond donors (Lipinski definition) is 1. The second-order valence-electron chi connectivity index (χ2n) is 5.22. The monoisotopic (exact) mass is 246 g/mol. The molecule has 0 bridgehead atoms. The fourth-order valence-electron chi connectivity index (χ4n) is 2.36. The highest BCUT2D eigenvalue weighted by atomic mass is 16.5. The van der Waals surface area contributed by atoms with Crippen molar-refractivity contribution in [2.75, 3.05) is 0 Å². The summed E-state index contributed by atoms with van der Waals surface area (Å²) in [6.07, 6.45) is 2.06. The van der Waals surface area contributed by atoms with Gasteiger partial charge < -0.3 is 14.3 Å². The standard InChI is InChI=1S/C14H14O4/c1-14(2,16)10-7-8-3-4-11-9(5-6-17-11)12(8)18-13(10)15/h3-6,10,16H,7H2,1-2H3. The van der Waals surface area contributed by atoms with Crippen molar-refractivity contribution in [3.63, 3.8) is 0 Å². The smallest absolute Gasteiger partial charge is 0.317 e. The normalized spacial score (nSPS) is 19.7. The van der Waals surface area contributed by atoms with E-state index in [4.69, 9.17) is 9.15 Å². The second-order valence-corrected chi connectivity index (χ2v) is 5.22. The summed E-state index contributed by atoms with van der Waals surface area (Å²) in [6.45, 7) is 3.25. The van der Waals surface area contributed by atoms with Crippen LogP contribution in [0.4, 0.5) is 0 Å². The van der Waals surface area contributed by atoms with Crippen LogP contribution in [0.5, 0.6) is 5.75 Å². The molecular formula is C14H14O4. The number of esters is 1. The van der Waals surface area contributed by atoms with E-state index >= 15 is 0 Å². The molecule has 0 saturated carbocycles. The third-order valence-electron chi connectivity index (χ3n) is 3.43. The van der Waals surface area contributed by atoms with Crippen molar-refractivity contribution in [3.8, 4) is 5.75 Å². The predicted molar refractivity (Wildman–Crippen MR) is 65.3 cm³/mol. The Hall–Kier alpha value is -1.81. The van der Waals surface area contributed by atoms with Crippen LogP contribution in [0.3, 0.4) is 0 Å². The third-order valence-corrected chi connectivity index (χ3v) is 3.43. The first kappa shape index (κ1) is 11.3. The molecule has 1 aromatic heterocycles. The summed E-state index contributed by atoms with van der Waals surface area (Å²) in [7, 11) is 0. The Morgan fingerprint density at radius 3 is 2.83 bits per heavy atom. The number of hydrogen-bond acceptors (Lipinski definition) is 4. The fraction of sp³-hybridized carbons (Fsp3) is 0.357. The zero-order chi connectivity index (χ0) is 12.9. The van der Waals surface area contributed by atoms with Crippen molar-refractivity contribution in [1.29, 1.82) is 0 Å². The van der Waals surface area contributed by atoms with Gasteiger partial charge in [0.25, 0.3) is 0 Å². The second kappa shape index (κ2) is 3.59. The number of ether oxygens (including phenoxy) is 1. The maximum absolute atomic E-state index is 12.0. The summed E-state index contributed by atoms with van der Waals surface area (Å²) in [5.41, 5.74) is 0.541. The highest BCUT2D eigenvalue weighted by Gasteiger charge is 2.39. The Labute approximate surface area is 104 Å². The minimum absolute atomic E-state index is 0.385. The number of furan rings is 1. The minimum Gasteiger partial charge on any atom is -0.464 e. The molecule has 1 unspecified atom stereocenters. The van der Waals surface area contributed by atoms with Crippen LogP contribution >= 0.6 is 0 Å². The Morgan fingerprint density at radius 1 is 1.33 bits per heavy atom. The van der Waals surface area contributed by atoms with Gasteiger partial charge in [-0.25, -0.2) is 0 Å². The van der Waals surface area contributed by atoms with Crippen LogP contribution in [0.2, 0.25) is 0 Å². The Morgan fingerprint density at radius 2 is 2.11 bits per heavy atom. The molecule has 1 aliphatic heterocycles. The molecular weight excluding hydrogens is 232 g/mol. The molecule has 0 aliphatic carbocycles. The topological polar surface area (TPSA) is 59.7 Å². The highest BCUT2D eigenvalue weighted by molar-refractivity contribution is 5.91. The summed E-state index contributed by atoms with van der Waals surface area (Å²) in [4.78, 5) is 12.0. The van der Waals surface area contributed by atoms with Crippen molar-refractivity contribution >= 4 is 16.9 Å². The van der Waals surface area contributed by atoms with E-state index in [9.17, 15) is 9.90 Å². The lowest BCUT2D eigenvalue weighted by Crippen LogP contribution is -2.42. The van der Waals surface area contributed by atoms with Gasteiger partial charge in [-0.2, -0.15) is 0 Å². The number of aliphatic hydroxyl groups is 1. The van der Waals surface area contributed by atoms with Crippen molar-refractivity contribution in [2.45, 2.75) is 25.9 Å². The first-order valence-corrected chi connectivity index (χ1v) is 5.90. The molecule has 0 amide bonds. The SMILES string of the molecule is CC(C)(O)C1Cc2ccc3occc3c2OC1=O. The summed E-state index contributed by atoms with van der Waals surface area (Å²) < 4.78 is 10.7. The third kappa shape index (κ3) is 1.61. The van der Waals surface area contributed by atoms with E-state index in [0.29, 0.717) is 17.8 Å². The van der Waals surface area contributed by atoms with Crippen molar-refractivity contribution in [2.24, 2.45) is 5.92 Å². The summed E-state index contributed by atoms with van der Waals surface area (Å²) in [5, 5.41) is 10.8. The van der Waals surface area contributed by atoms with Crippen LogP contribution < -0.4 is 4.74 Å². The summed E-state index contributed by atoms with van der Waals surface area (Å²) >= 11 is 0. The molecule has 1 aromatic carbocycles. The zero-order valence-corrected chi connectivity index (χ0v) is 10.3. The molecule has 0 radical (unpaired) electrons. The van der Waals surface area contributed by atoms with E-state index in [-0.39, 0.29) is 5.97 Å². The maximum atomic E-state index is 12.0. The van der Waals surface area contributed by atoms with Crippen LogP contribution in [0.25, 0.3) is 11.0 Å². The van der Waals surface area contributed by atoms with Gasteiger partial charge in [-0.3, -0.25) is 4.79 Å². The van der Waals surface area contributed by atoms with E-state index < -0.39 is 11.5 Å². The Kier molecular flexibility index (Phi) is 2.25. The van der Waals surface area contributed by atoms with Gasteiger partial charge in [0.2, 0.25) is 0 Å². The van der Waals surface area contributed by atoms with Crippen LogP contribution in [0.1, 0.15) is 19.4 Å². The van der Waals surface area contributed by atoms with Gasteiger partial charge in [-0.1, -0.05) is 6.07 Å². The Bertz CT molecular complexity index is 618. The van der Waals surface area contributed by atoms with E-state index in [2.05, 4.69) is 0 Å². The lowest BCUT2D eigenvalue weighted by Gasteiger charge is -2.31. The van der Waals surface area contributed by atoms with Gasteiger partial charge in [0.05, 0.1) is 23.2 Å². The molecule has 1 atom stereocenters. The lowest BCUT2D eigenvalue weighted by atomic mass is 9.83. The summed E-state index contributed by atoms with van der Waals surface area (Å²) in [6, 6.07) is 5.52.